The minimum Gasteiger partial charge on any atom is -0.481 e. The van der Waals surface area contributed by atoms with Crippen LogP contribution in [0.25, 0.3) is 41.5 Å². The van der Waals surface area contributed by atoms with Crippen molar-refractivity contribution in [3.05, 3.63) is 274 Å². The van der Waals surface area contributed by atoms with E-state index in [4.69, 9.17) is 5.11 Å². The Bertz CT molecular complexity index is 2910. The molecule has 0 bridgehead atoms. The van der Waals surface area contributed by atoms with Crippen LogP contribution in [0.4, 0.5) is 17.1 Å². The first-order valence-corrected chi connectivity index (χ1v) is 22.9. The minimum atomic E-state index is -0.972. The number of thioether (sulfide) groups is 1. The second kappa shape index (κ2) is 21.0. The van der Waals surface area contributed by atoms with Gasteiger partial charge in [-0.1, -0.05) is 206 Å². The normalized spacial score (nSPS) is 12.6. The van der Waals surface area contributed by atoms with Crippen LogP contribution >= 0.6 is 11.8 Å². The molecule has 0 atom stereocenters. The van der Waals surface area contributed by atoms with Gasteiger partial charge in [0, 0.05) is 17.1 Å². The number of rotatable bonds is 14. The topological polar surface area (TPSA) is 82.0 Å². The van der Waals surface area contributed by atoms with Gasteiger partial charge in [0.05, 0.1) is 5.75 Å². The van der Waals surface area contributed by atoms with E-state index in [0.29, 0.717) is 0 Å². The number of aliphatic imine (C=N–C) groups is 1. The number of amidine groups is 1. The number of aliphatic carboxylic acids is 1. The van der Waals surface area contributed by atoms with Gasteiger partial charge in [-0.2, -0.15) is 0 Å². The zero-order valence-corrected chi connectivity index (χ0v) is 37.3. The van der Waals surface area contributed by atoms with E-state index in [-0.39, 0.29) is 22.5 Å². The molecule has 0 spiro atoms. The van der Waals surface area contributed by atoms with Gasteiger partial charge >= 0.3 is 5.97 Å². The predicted molar refractivity (Wildman–Crippen MR) is 280 cm³/mol. The van der Waals surface area contributed by atoms with Crippen molar-refractivity contribution in [2.24, 2.45) is 4.99 Å². The predicted octanol–water partition coefficient (Wildman–Crippen LogP) is 14.1. The lowest BCUT2D eigenvalue weighted by Gasteiger charge is -2.26. The molecule has 0 radical (unpaired) electrons. The Morgan fingerprint density at radius 1 is 0.478 bits per heavy atom. The van der Waals surface area contributed by atoms with Crippen LogP contribution in [-0.2, 0) is 9.59 Å². The highest BCUT2D eigenvalue weighted by Gasteiger charge is 2.21. The second-order valence-corrected chi connectivity index (χ2v) is 16.7. The third kappa shape index (κ3) is 11.2. The van der Waals surface area contributed by atoms with Crippen LogP contribution in [0, 0.1) is 0 Å². The molecule has 8 aromatic rings. The Labute approximate surface area is 395 Å². The molecule has 7 heteroatoms. The van der Waals surface area contributed by atoms with Crippen LogP contribution < -0.4 is 10.2 Å². The monoisotopic (exact) mass is 887 g/mol. The van der Waals surface area contributed by atoms with E-state index < -0.39 is 5.97 Å². The summed E-state index contributed by atoms with van der Waals surface area (Å²) >= 11 is 0.980. The van der Waals surface area contributed by atoms with Crippen molar-refractivity contribution in [2.45, 2.75) is 0 Å². The van der Waals surface area contributed by atoms with Crippen LogP contribution in [0.15, 0.2) is 229 Å². The van der Waals surface area contributed by atoms with Crippen molar-refractivity contribution in [3.63, 3.8) is 0 Å². The van der Waals surface area contributed by atoms with E-state index in [2.05, 4.69) is 209 Å². The number of amides is 1. The number of benzene rings is 8. The largest absolute Gasteiger partial charge is 0.481 e. The zero-order chi connectivity index (χ0) is 45.8. The maximum atomic E-state index is 12.4. The summed E-state index contributed by atoms with van der Waals surface area (Å²) in [5, 5.41) is 11.9. The van der Waals surface area contributed by atoms with Crippen molar-refractivity contribution < 1.29 is 14.7 Å². The van der Waals surface area contributed by atoms with E-state index in [1.807, 2.05) is 48.5 Å². The highest BCUT2D eigenvalue weighted by Crippen LogP contribution is 2.37. The van der Waals surface area contributed by atoms with Gasteiger partial charge in [-0.3, -0.25) is 14.9 Å². The summed E-state index contributed by atoms with van der Waals surface area (Å²) in [6, 6.07) is 75.9. The summed E-state index contributed by atoms with van der Waals surface area (Å²) < 4.78 is 0. The molecule has 1 amide bonds. The molecular formula is C60H45N3O3S. The van der Waals surface area contributed by atoms with Crippen LogP contribution in [-0.4, -0.2) is 27.9 Å². The van der Waals surface area contributed by atoms with Crippen LogP contribution in [0.5, 0.6) is 0 Å². The SMILES string of the molecule is O=C(O)CSC1=N/C(=C\c2ccc(/C=C/c3ccc(N(c4ccc(C=C(c5ccccc5)c5ccccc5)cc4)c4ccc(C=C(c5ccccc5)c5ccccc5)cc4)cc3)cc2)C(=O)N1. The van der Waals surface area contributed by atoms with Crippen molar-refractivity contribution in [3.8, 4) is 0 Å². The Morgan fingerprint density at radius 2 is 0.821 bits per heavy atom. The molecule has 0 fully saturated rings. The van der Waals surface area contributed by atoms with Gasteiger partial charge in [0.25, 0.3) is 5.91 Å². The number of carbonyl (C=O) groups excluding carboxylic acids is 1. The zero-order valence-electron chi connectivity index (χ0n) is 36.4. The van der Waals surface area contributed by atoms with Crippen molar-refractivity contribution in [1.82, 2.24) is 5.32 Å². The molecule has 9 rings (SSSR count). The lowest BCUT2D eigenvalue weighted by molar-refractivity contribution is -0.133. The summed E-state index contributed by atoms with van der Waals surface area (Å²) in [5.74, 6) is -1.50. The van der Waals surface area contributed by atoms with Crippen molar-refractivity contribution in [1.29, 1.82) is 0 Å². The van der Waals surface area contributed by atoms with E-state index in [9.17, 15) is 9.59 Å². The molecular weight excluding hydrogens is 843 g/mol. The molecule has 0 unspecified atom stereocenters. The van der Waals surface area contributed by atoms with E-state index in [1.165, 1.54) is 0 Å². The van der Waals surface area contributed by atoms with Gasteiger partial charge in [-0.05, 0) is 116 Å². The number of carbonyl (C=O) groups is 2. The third-order valence-corrected chi connectivity index (χ3v) is 12.0. The standard InChI is InChI=1S/C60H45N3O3S/c64-58(65)42-67-60-61-57(59(66)62-60)41-47-25-23-43(24-26-47)21-22-44-27-33-52(34-28-44)63(53-35-29-45(30-36-53)39-55(48-13-5-1-6-14-48)49-15-7-2-8-16-49)54-37-31-46(32-38-54)40-56(50-17-9-3-10-18-50)51-19-11-4-12-20-51/h1-41H,42H2,(H,64,65)(H,61,62,66)/b22-21+,57-41-. The summed E-state index contributed by atoms with van der Waals surface area (Å²) in [7, 11) is 0. The molecule has 1 heterocycles. The molecule has 6 nitrogen and oxygen atoms in total. The first kappa shape index (κ1) is 43.7. The number of carboxylic acid groups (broad SMARTS) is 1. The first-order valence-electron chi connectivity index (χ1n) is 21.9. The van der Waals surface area contributed by atoms with Crippen molar-refractivity contribution >= 4 is 87.4 Å². The number of carboxylic acids is 1. The Balaban J connectivity index is 1.00. The van der Waals surface area contributed by atoms with Gasteiger partial charge < -0.3 is 10.0 Å². The summed E-state index contributed by atoms with van der Waals surface area (Å²) in [5.41, 5.74) is 15.4. The average molecular weight is 888 g/mol. The molecule has 324 valence electrons. The summed E-state index contributed by atoms with van der Waals surface area (Å²) in [4.78, 5) is 29.9. The average Bonchev–Trinajstić information content (AvgIpc) is 3.74. The molecule has 0 aliphatic carbocycles. The van der Waals surface area contributed by atoms with Crippen LogP contribution in [0.3, 0.4) is 0 Å². The first-order chi connectivity index (χ1) is 32.9. The van der Waals surface area contributed by atoms with Gasteiger partial charge in [-0.25, -0.2) is 4.99 Å². The highest BCUT2D eigenvalue weighted by atomic mass is 32.2. The number of hydrogen-bond acceptors (Lipinski definition) is 5. The molecule has 1 aliphatic heterocycles. The molecule has 67 heavy (non-hydrogen) atoms. The number of nitrogens with zero attached hydrogens (tertiary/aromatic N) is 2. The van der Waals surface area contributed by atoms with E-state index in [0.717, 1.165) is 90.0 Å². The third-order valence-electron chi connectivity index (χ3n) is 11.1. The smallest absolute Gasteiger partial charge is 0.313 e. The van der Waals surface area contributed by atoms with Crippen molar-refractivity contribution in [2.75, 3.05) is 10.7 Å². The molecule has 2 N–H and O–H groups in total. The maximum Gasteiger partial charge on any atom is 0.313 e. The van der Waals surface area contributed by atoms with Gasteiger partial charge in [-0.15, -0.1) is 0 Å². The minimum absolute atomic E-state index is 0.176. The number of hydrogen-bond donors (Lipinski definition) is 2. The van der Waals surface area contributed by atoms with Gasteiger partial charge in [0.15, 0.2) is 5.17 Å². The van der Waals surface area contributed by atoms with Crippen LogP contribution in [0.1, 0.15) is 50.1 Å². The second-order valence-electron chi connectivity index (χ2n) is 15.8. The molecule has 0 saturated carbocycles. The quantitative estimate of drug-likeness (QED) is 0.0840. The molecule has 0 aromatic heterocycles. The molecule has 1 aliphatic rings. The van der Waals surface area contributed by atoms with Gasteiger partial charge in [0.1, 0.15) is 5.70 Å². The number of nitrogens with one attached hydrogen (secondary N) is 1. The highest BCUT2D eigenvalue weighted by molar-refractivity contribution is 8.14. The Morgan fingerprint density at radius 3 is 1.19 bits per heavy atom. The Kier molecular flexibility index (Phi) is 13.7. The van der Waals surface area contributed by atoms with Gasteiger partial charge in [0.2, 0.25) is 0 Å². The molecule has 8 aromatic carbocycles. The van der Waals surface area contributed by atoms with E-state index in [1.54, 1.807) is 6.08 Å². The lowest BCUT2D eigenvalue weighted by atomic mass is 9.95. The fraction of sp³-hybridized carbons (Fsp3) is 0.0167. The van der Waals surface area contributed by atoms with Crippen LogP contribution in [0.2, 0.25) is 0 Å². The van der Waals surface area contributed by atoms with E-state index >= 15 is 0 Å². The number of anilines is 3. The fourth-order valence-electron chi connectivity index (χ4n) is 7.79. The Hall–Kier alpha value is -8.52. The summed E-state index contributed by atoms with van der Waals surface area (Å²) in [6.07, 6.45) is 10.3. The lowest BCUT2D eigenvalue weighted by Crippen LogP contribution is -2.22. The fourth-order valence-corrected chi connectivity index (χ4v) is 8.38. The summed E-state index contributed by atoms with van der Waals surface area (Å²) in [6.45, 7) is 0. The maximum absolute atomic E-state index is 12.4. The molecule has 0 saturated heterocycles.